The summed E-state index contributed by atoms with van der Waals surface area (Å²) >= 11 is 0. The van der Waals surface area contributed by atoms with E-state index in [1.807, 2.05) is 48.8 Å². The number of fused-ring (bicyclic) bond motifs is 1. The lowest BCUT2D eigenvalue weighted by Crippen LogP contribution is -2.43. The molecule has 0 fully saturated rings. The number of benzene rings is 1. The second-order valence-electron chi connectivity index (χ2n) is 4.88. The highest BCUT2D eigenvalue weighted by Crippen LogP contribution is 2.24. The van der Waals surface area contributed by atoms with Crippen molar-refractivity contribution in [2.45, 2.75) is 12.1 Å². The van der Waals surface area contributed by atoms with Crippen molar-refractivity contribution in [2.75, 3.05) is 14.1 Å². The van der Waals surface area contributed by atoms with Crippen LogP contribution in [0.15, 0.2) is 24.5 Å². The minimum absolute atomic E-state index is 0.385. The first-order valence-electron chi connectivity index (χ1n) is 5.97. The first kappa shape index (κ1) is 13.5. The Morgan fingerprint density at radius 1 is 1.47 bits per heavy atom. The highest BCUT2D eigenvalue weighted by molar-refractivity contribution is 5.78. The number of nitrogens with zero attached hydrogens (tertiary/aromatic N) is 3. The molecule has 0 aliphatic heterocycles. The summed E-state index contributed by atoms with van der Waals surface area (Å²) in [4.78, 5) is 17.2. The highest BCUT2D eigenvalue weighted by Gasteiger charge is 2.28. The number of carboxylic acid groups (broad SMARTS) is 1. The molecule has 0 amide bonds. The zero-order valence-electron chi connectivity index (χ0n) is 11.2. The third-order valence-electron chi connectivity index (χ3n) is 3.27. The van der Waals surface area contributed by atoms with Gasteiger partial charge < -0.3 is 20.3 Å². The Labute approximate surface area is 111 Å². The van der Waals surface area contributed by atoms with Crippen molar-refractivity contribution in [2.24, 2.45) is 12.8 Å². The van der Waals surface area contributed by atoms with Gasteiger partial charge >= 0.3 is 5.97 Å². The van der Waals surface area contributed by atoms with Crippen LogP contribution in [0.3, 0.4) is 0 Å². The number of imidazole rings is 1. The summed E-state index contributed by atoms with van der Waals surface area (Å²) in [5.41, 5.74) is 8.47. The molecule has 1 aromatic heterocycles. The van der Waals surface area contributed by atoms with Crippen molar-refractivity contribution in [3.63, 3.8) is 0 Å². The van der Waals surface area contributed by atoms with Gasteiger partial charge in [0.2, 0.25) is 0 Å². The number of carboxylic acids is 1. The van der Waals surface area contributed by atoms with Gasteiger partial charge in [0.05, 0.1) is 23.4 Å². The van der Waals surface area contributed by atoms with Gasteiger partial charge in [0.1, 0.15) is 6.04 Å². The molecule has 2 rings (SSSR count). The Morgan fingerprint density at radius 3 is 2.74 bits per heavy atom. The molecule has 102 valence electrons. The number of hydrogen-bond donors (Lipinski definition) is 2. The van der Waals surface area contributed by atoms with Crippen LogP contribution in [0.5, 0.6) is 0 Å². The standard InChI is InChI=1S/C13H18N4O2/c1-16(2)12(11(14)13(18)19)8-4-5-10-9(6-8)15-7-17(10)3/h4-7,11-12H,14H2,1-3H3,(H,18,19). The molecule has 1 aromatic carbocycles. The van der Waals surface area contributed by atoms with Crippen LogP contribution in [0.1, 0.15) is 11.6 Å². The van der Waals surface area contributed by atoms with E-state index in [1.165, 1.54) is 0 Å². The molecule has 6 nitrogen and oxygen atoms in total. The molecule has 0 bridgehead atoms. The number of likely N-dealkylation sites (N-methyl/N-ethyl adjacent to an activating group) is 1. The molecule has 0 saturated heterocycles. The average molecular weight is 262 g/mol. The fourth-order valence-electron chi connectivity index (χ4n) is 2.30. The maximum absolute atomic E-state index is 11.1. The Morgan fingerprint density at radius 2 is 2.16 bits per heavy atom. The largest absolute Gasteiger partial charge is 0.480 e. The summed E-state index contributed by atoms with van der Waals surface area (Å²) < 4.78 is 1.92. The summed E-state index contributed by atoms with van der Waals surface area (Å²) in [6, 6.07) is 4.36. The van der Waals surface area contributed by atoms with Gasteiger partial charge in [-0.1, -0.05) is 6.07 Å². The molecule has 19 heavy (non-hydrogen) atoms. The van der Waals surface area contributed by atoms with Crippen LogP contribution in [-0.2, 0) is 11.8 Å². The van der Waals surface area contributed by atoms with Gasteiger partial charge in [0.25, 0.3) is 0 Å². The Hall–Kier alpha value is -1.92. The van der Waals surface area contributed by atoms with E-state index in [0.717, 1.165) is 16.6 Å². The van der Waals surface area contributed by atoms with E-state index in [2.05, 4.69) is 4.98 Å². The molecule has 1 heterocycles. The van der Waals surface area contributed by atoms with Crippen LogP contribution >= 0.6 is 0 Å². The van der Waals surface area contributed by atoms with E-state index in [9.17, 15) is 4.79 Å². The first-order chi connectivity index (χ1) is 8.91. The molecule has 0 radical (unpaired) electrons. The molecule has 6 heteroatoms. The van der Waals surface area contributed by atoms with Crippen LogP contribution < -0.4 is 5.73 Å². The topological polar surface area (TPSA) is 84.4 Å². The van der Waals surface area contributed by atoms with Crippen LogP contribution in [0.25, 0.3) is 11.0 Å². The summed E-state index contributed by atoms with van der Waals surface area (Å²) in [5.74, 6) is -1.01. The summed E-state index contributed by atoms with van der Waals surface area (Å²) in [7, 11) is 5.55. The maximum Gasteiger partial charge on any atom is 0.322 e. The number of aromatic nitrogens is 2. The van der Waals surface area contributed by atoms with Crippen molar-refractivity contribution in [1.82, 2.24) is 14.5 Å². The minimum atomic E-state index is -1.01. The molecule has 0 aliphatic carbocycles. The normalized spacial score (nSPS) is 14.8. The van der Waals surface area contributed by atoms with E-state index >= 15 is 0 Å². The minimum Gasteiger partial charge on any atom is -0.480 e. The lowest BCUT2D eigenvalue weighted by atomic mass is 9.98. The number of aliphatic carboxylic acids is 1. The van der Waals surface area contributed by atoms with E-state index in [0.29, 0.717) is 0 Å². The zero-order chi connectivity index (χ0) is 14.2. The quantitative estimate of drug-likeness (QED) is 0.842. The van der Waals surface area contributed by atoms with Crippen molar-refractivity contribution >= 4 is 17.0 Å². The van der Waals surface area contributed by atoms with Gasteiger partial charge in [-0.2, -0.15) is 0 Å². The third kappa shape index (κ3) is 2.45. The summed E-state index contributed by atoms with van der Waals surface area (Å²) in [5, 5.41) is 9.11. The monoisotopic (exact) mass is 262 g/mol. The predicted octanol–water partition coefficient (Wildman–Crippen LogP) is 0.588. The van der Waals surface area contributed by atoms with Gasteiger partial charge in [-0.05, 0) is 31.8 Å². The SMILES string of the molecule is CN(C)C(c1ccc2c(c1)ncn2C)C(N)C(=O)O. The van der Waals surface area contributed by atoms with Crippen molar-refractivity contribution in [3.05, 3.63) is 30.1 Å². The Kier molecular flexibility index (Phi) is 3.55. The van der Waals surface area contributed by atoms with E-state index < -0.39 is 12.0 Å². The van der Waals surface area contributed by atoms with Gasteiger partial charge in [-0.15, -0.1) is 0 Å². The van der Waals surface area contributed by atoms with E-state index in [1.54, 1.807) is 6.33 Å². The van der Waals surface area contributed by atoms with E-state index in [-0.39, 0.29) is 6.04 Å². The average Bonchev–Trinajstić information content (AvgIpc) is 2.70. The van der Waals surface area contributed by atoms with Crippen molar-refractivity contribution in [1.29, 1.82) is 0 Å². The molecule has 0 saturated carbocycles. The van der Waals surface area contributed by atoms with Gasteiger partial charge in [-0.3, -0.25) is 4.79 Å². The molecule has 2 aromatic rings. The molecule has 3 N–H and O–H groups in total. The number of hydrogen-bond acceptors (Lipinski definition) is 4. The lowest BCUT2D eigenvalue weighted by molar-refractivity contribution is -0.140. The second kappa shape index (κ2) is 4.99. The highest BCUT2D eigenvalue weighted by atomic mass is 16.4. The Balaban J connectivity index is 2.47. The fourth-order valence-corrected chi connectivity index (χ4v) is 2.30. The van der Waals surface area contributed by atoms with Crippen LogP contribution in [0.4, 0.5) is 0 Å². The predicted molar refractivity (Wildman–Crippen MR) is 72.8 cm³/mol. The Bertz CT molecular complexity index is 606. The summed E-state index contributed by atoms with van der Waals surface area (Å²) in [6.07, 6.45) is 1.73. The maximum atomic E-state index is 11.1. The van der Waals surface area contributed by atoms with Crippen molar-refractivity contribution in [3.8, 4) is 0 Å². The molecule has 0 aliphatic rings. The molecular formula is C13H18N4O2. The van der Waals surface area contributed by atoms with Gasteiger partial charge in [0.15, 0.2) is 0 Å². The van der Waals surface area contributed by atoms with Crippen LogP contribution in [0, 0.1) is 0 Å². The fraction of sp³-hybridized carbons (Fsp3) is 0.385. The first-order valence-corrected chi connectivity index (χ1v) is 5.97. The van der Waals surface area contributed by atoms with Crippen LogP contribution in [-0.4, -0.2) is 45.7 Å². The number of carbonyl (C=O) groups is 1. The van der Waals surface area contributed by atoms with Crippen LogP contribution in [0.2, 0.25) is 0 Å². The molecular weight excluding hydrogens is 244 g/mol. The van der Waals surface area contributed by atoms with E-state index in [4.69, 9.17) is 10.8 Å². The molecule has 2 unspecified atom stereocenters. The lowest BCUT2D eigenvalue weighted by Gasteiger charge is -2.27. The summed E-state index contributed by atoms with van der Waals surface area (Å²) in [6.45, 7) is 0. The number of aryl methyl sites for hydroxylation is 1. The second-order valence-corrected chi connectivity index (χ2v) is 4.88. The van der Waals surface area contributed by atoms with Gasteiger partial charge in [-0.25, -0.2) is 4.98 Å². The number of rotatable bonds is 4. The van der Waals surface area contributed by atoms with Crippen molar-refractivity contribution < 1.29 is 9.90 Å². The van der Waals surface area contributed by atoms with Gasteiger partial charge in [0, 0.05) is 7.05 Å². The third-order valence-corrected chi connectivity index (χ3v) is 3.27. The smallest absolute Gasteiger partial charge is 0.322 e. The molecule has 2 atom stereocenters. The molecule has 0 spiro atoms. The zero-order valence-corrected chi connectivity index (χ0v) is 11.2. The number of nitrogens with two attached hydrogens (primary N) is 1.